The van der Waals surface area contributed by atoms with E-state index >= 15 is 0 Å². The molecule has 1 aliphatic rings. The largest absolute Gasteiger partial charge is 0.494 e. The number of allylic oxidation sites excluding steroid dienone is 1. The third-order valence-electron chi connectivity index (χ3n) is 5.84. The van der Waals surface area contributed by atoms with Crippen LogP contribution in [0.15, 0.2) is 49.1 Å². The molecule has 0 spiro atoms. The van der Waals surface area contributed by atoms with Gasteiger partial charge in [-0.1, -0.05) is 36.4 Å². The molecule has 1 heteroatoms. The van der Waals surface area contributed by atoms with E-state index in [2.05, 4.69) is 62.9 Å². The van der Waals surface area contributed by atoms with Crippen molar-refractivity contribution < 1.29 is 4.74 Å². The van der Waals surface area contributed by atoms with Gasteiger partial charge in [-0.3, -0.25) is 0 Å². The molecular formula is C24H30O. The van der Waals surface area contributed by atoms with Crippen LogP contribution in [0.3, 0.4) is 0 Å². The minimum Gasteiger partial charge on any atom is -0.494 e. The molecule has 0 N–H and O–H groups in total. The Hall–Kier alpha value is -2.02. The van der Waals surface area contributed by atoms with Gasteiger partial charge in [-0.15, -0.1) is 6.58 Å². The molecule has 2 aromatic carbocycles. The van der Waals surface area contributed by atoms with E-state index in [-0.39, 0.29) is 0 Å². The highest BCUT2D eigenvalue weighted by Gasteiger charge is 2.20. The van der Waals surface area contributed by atoms with Gasteiger partial charge >= 0.3 is 0 Å². The van der Waals surface area contributed by atoms with Gasteiger partial charge in [0, 0.05) is 0 Å². The minimum absolute atomic E-state index is 0.711. The Kier molecular flexibility index (Phi) is 5.63. The first-order valence-corrected chi connectivity index (χ1v) is 9.60. The van der Waals surface area contributed by atoms with E-state index in [1.165, 1.54) is 53.5 Å². The van der Waals surface area contributed by atoms with Crippen LogP contribution in [0.5, 0.6) is 5.75 Å². The normalized spacial score (nSPS) is 20.3. The zero-order chi connectivity index (χ0) is 17.8. The van der Waals surface area contributed by atoms with Crippen molar-refractivity contribution in [1.29, 1.82) is 0 Å². The molecule has 1 fully saturated rings. The lowest BCUT2D eigenvalue weighted by Gasteiger charge is -2.27. The highest BCUT2D eigenvalue weighted by molar-refractivity contribution is 5.70. The summed E-state index contributed by atoms with van der Waals surface area (Å²) in [5.41, 5.74) is 6.65. The molecule has 0 saturated heterocycles. The topological polar surface area (TPSA) is 9.23 Å². The van der Waals surface area contributed by atoms with Gasteiger partial charge in [0.15, 0.2) is 0 Å². The third-order valence-corrected chi connectivity index (χ3v) is 5.84. The van der Waals surface area contributed by atoms with Crippen LogP contribution in [0.1, 0.15) is 55.2 Å². The molecule has 25 heavy (non-hydrogen) atoms. The van der Waals surface area contributed by atoms with Crippen molar-refractivity contribution >= 4 is 0 Å². The van der Waals surface area contributed by atoms with Crippen molar-refractivity contribution in [2.45, 2.75) is 52.4 Å². The molecule has 0 atom stereocenters. The SMILES string of the molecule is C=CC1CCC(c2ccc(-c3ccc(OCC)c(C)c3C)cc2)CC1. The first kappa shape index (κ1) is 17.8. The third kappa shape index (κ3) is 3.81. The van der Waals surface area contributed by atoms with Crippen LogP contribution in [0.2, 0.25) is 0 Å². The second-order valence-electron chi connectivity index (χ2n) is 7.26. The van der Waals surface area contributed by atoms with Crippen molar-refractivity contribution in [3.63, 3.8) is 0 Å². The Bertz CT molecular complexity index is 719. The van der Waals surface area contributed by atoms with Crippen LogP contribution < -0.4 is 4.74 Å². The zero-order valence-electron chi connectivity index (χ0n) is 15.8. The summed E-state index contributed by atoms with van der Waals surface area (Å²) in [5, 5.41) is 0. The standard InChI is InChI=1S/C24H30O/c1-5-19-7-9-20(10-8-19)21-11-13-22(14-12-21)23-15-16-24(25-6-2)18(4)17(23)3/h5,11-16,19-20H,1,6-10H2,2-4H3. The maximum absolute atomic E-state index is 5.72. The average molecular weight is 335 g/mol. The van der Waals surface area contributed by atoms with Gasteiger partial charge in [0.25, 0.3) is 0 Å². The summed E-state index contributed by atoms with van der Waals surface area (Å²) in [6, 6.07) is 13.5. The van der Waals surface area contributed by atoms with E-state index in [9.17, 15) is 0 Å². The van der Waals surface area contributed by atoms with Crippen molar-refractivity contribution in [2.75, 3.05) is 6.61 Å². The summed E-state index contributed by atoms with van der Waals surface area (Å²) in [5.74, 6) is 2.44. The van der Waals surface area contributed by atoms with Crippen LogP contribution in [-0.2, 0) is 0 Å². The van der Waals surface area contributed by atoms with E-state index in [0.29, 0.717) is 12.5 Å². The zero-order valence-corrected chi connectivity index (χ0v) is 15.8. The Labute approximate surface area is 152 Å². The van der Waals surface area contributed by atoms with Gasteiger partial charge in [0.1, 0.15) is 5.75 Å². The number of hydrogen-bond donors (Lipinski definition) is 0. The van der Waals surface area contributed by atoms with E-state index in [1.807, 2.05) is 6.92 Å². The molecule has 0 unspecified atom stereocenters. The summed E-state index contributed by atoms with van der Waals surface area (Å²) in [6.07, 6.45) is 7.28. The molecule has 1 aliphatic carbocycles. The Morgan fingerprint density at radius 3 is 2.24 bits per heavy atom. The van der Waals surface area contributed by atoms with Gasteiger partial charge < -0.3 is 4.74 Å². The van der Waals surface area contributed by atoms with Gasteiger partial charge in [0.2, 0.25) is 0 Å². The molecule has 1 nitrogen and oxygen atoms in total. The monoisotopic (exact) mass is 334 g/mol. The predicted octanol–water partition coefficient (Wildman–Crippen LogP) is 6.83. The van der Waals surface area contributed by atoms with E-state index in [1.54, 1.807) is 0 Å². The van der Waals surface area contributed by atoms with Crippen LogP contribution in [0.25, 0.3) is 11.1 Å². The van der Waals surface area contributed by atoms with Gasteiger partial charge in [-0.05, 0) is 92.2 Å². The summed E-state index contributed by atoms with van der Waals surface area (Å²) >= 11 is 0. The fourth-order valence-electron chi connectivity index (χ4n) is 4.04. The van der Waals surface area contributed by atoms with Crippen molar-refractivity contribution in [3.05, 3.63) is 65.7 Å². The second-order valence-corrected chi connectivity index (χ2v) is 7.26. The summed E-state index contributed by atoms with van der Waals surface area (Å²) < 4.78 is 5.72. The highest BCUT2D eigenvalue weighted by atomic mass is 16.5. The Balaban J connectivity index is 1.79. The lowest BCUT2D eigenvalue weighted by molar-refractivity contribution is 0.337. The molecule has 132 valence electrons. The van der Waals surface area contributed by atoms with Crippen molar-refractivity contribution in [2.24, 2.45) is 5.92 Å². The molecule has 0 bridgehead atoms. The minimum atomic E-state index is 0.711. The number of ether oxygens (including phenoxy) is 1. The molecule has 0 heterocycles. The fraction of sp³-hybridized carbons (Fsp3) is 0.417. The van der Waals surface area contributed by atoms with Crippen LogP contribution in [0.4, 0.5) is 0 Å². The maximum Gasteiger partial charge on any atom is 0.122 e. The lowest BCUT2D eigenvalue weighted by atomic mass is 9.78. The van der Waals surface area contributed by atoms with Gasteiger partial charge in [-0.25, -0.2) is 0 Å². The number of rotatable bonds is 5. The molecule has 0 amide bonds. The van der Waals surface area contributed by atoms with Crippen molar-refractivity contribution in [3.8, 4) is 16.9 Å². The first-order valence-electron chi connectivity index (χ1n) is 9.60. The molecule has 1 saturated carbocycles. The average Bonchev–Trinajstić information content (AvgIpc) is 2.66. The number of benzene rings is 2. The molecule has 2 aromatic rings. The summed E-state index contributed by atoms with van der Waals surface area (Å²) in [4.78, 5) is 0. The lowest BCUT2D eigenvalue weighted by Crippen LogP contribution is -2.11. The highest BCUT2D eigenvalue weighted by Crippen LogP contribution is 2.37. The van der Waals surface area contributed by atoms with E-state index in [0.717, 1.165) is 11.7 Å². The summed E-state index contributed by atoms with van der Waals surface area (Å²) in [7, 11) is 0. The molecule has 0 aliphatic heterocycles. The van der Waals surface area contributed by atoms with Gasteiger partial charge in [-0.2, -0.15) is 0 Å². The quantitative estimate of drug-likeness (QED) is 0.545. The molecule has 0 aromatic heterocycles. The Morgan fingerprint density at radius 2 is 1.64 bits per heavy atom. The first-order chi connectivity index (χ1) is 12.1. The maximum atomic E-state index is 5.72. The molecular weight excluding hydrogens is 304 g/mol. The molecule has 3 rings (SSSR count). The van der Waals surface area contributed by atoms with E-state index in [4.69, 9.17) is 4.74 Å². The smallest absolute Gasteiger partial charge is 0.122 e. The van der Waals surface area contributed by atoms with Crippen LogP contribution >= 0.6 is 0 Å². The molecule has 0 radical (unpaired) electrons. The summed E-state index contributed by atoms with van der Waals surface area (Å²) in [6.45, 7) is 11.0. The number of hydrogen-bond acceptors (Lipinski definition) is 1. The Morgan fingerprint density at radius 1 is 0.960 bits per heavy atom. The fourth-order valence-corrected chi connectivity index (χ4v) is 4.04. The predicted molar refractivity (Wildman–Crippen MR) is 107 cm³/mol. The van der Waals surface area contributed by atoms with Crippen LogP contribution in [0, 0.1) is 19.8 Å². The van der Waals surface area contributed by atoms with Gasteiger partial charge in [0.05, 0.1) is 6.61 Å². The van der Waals surface area contributed by atoms with E-state index < -0.39 is 0 Å². The van der Waals surface area contributed by atoms with Crippen molar-refractivity contribution in [1.82, 2.24) is 0 Å². The van der Waals surface area contributed by atoms with Crippen LogP contribution in [-0.4, -0.2) is 6.61 Å². The second kappa shape index (κ2) is 7.91.